The lowest BCUT2D eigenvalue weighted by molar-refractivity contribution is -0.123. The first-order chi connectivity index (χ1) is 10.7. The van der Waals surface area contributed by atoms with Crippen LogP contribution in [0.15, 0.2) is 36.3 Å². The fourth-order valence-corrected chi connectivity index (χ4v) is 2.77. The van der Waals surface area contributed by atoms with Gasteiger partial charge in [0.05, 0.1) is 12.6 Å². The molecule has 0 aliphatic carbocycles. The molecule has 118 valence electrons. The molecule has 3 rings (SSSR count). The van der Waals surface area contributed by atoms with Gasteiger partial charge in [-0.05, 0) is 24.1 Å². The quantitative estimate of drug-likeness (QED) is 0.887. The van der Waals surface area contributed by atoms with Gasteiger partial charge in [0, 0.05) is 12.5 Å². The number of rotatable bonds is 4. The van der Waals surface area contributed by atoms with Crippen LogP contribution in [-0.2, 0) is 14.3 Å². The summed E-state index contributed by atoms with van der Waals surface area (Å²) in [5.74, 6) is 0.424. The Kier molecular flexibility index (Phi) is 4.58. The standard InChI is InChI=1S/C16H19FN2O3/c17-12-3-1-2-11(8-12)16-14(4-5-15(20)19-16)18-9-13-10-21-6-7-22-13/h1-3,8,10,14,16,18H,4-7,9H2,(H,19,20)/t14-,16+/m1/s1. The highest BCUT2D eigenvalue weighted by Crippen LogP contribution is 2.25. The Morgan fingerprint density at radius 2 is 2.27 bits per heavy atom. The van der Waals surface area contributed by atoms with E-state index in [9.17, 15) is 9.18 Å². The van der Waals surface area contributed by atoms with E-state index in [1.807, 2.05) is 6.07 Å². The van der Waals surface area contributed by atoms with Gasteiger partial charge in [0.15, 0.2) is 0 Å². The Morgan fingerprint density at radius 1 is 1.36 bits per heavy atom. The zero-order valence-electron chi connectivity index (χ0n) is 12.2. The normalized spacial score (nSPS) is 24.8. The molecule has 0 saturated carbocycles. The fourth-order valence-electron chi connectivity index (χ4n) is 2.77. The number of ether oxygens (including phenoxy) is 2. The summed E-state index contributed by atoms with van der Waals surface area (Å²) in [5, 5.41) is 6.31. The smallest absolute Gasteiger partial charge is 0.220 e. The van der Waals surface area contributed by atoms with E-state index in [-0.39, 0.29) is 23.8 Å². The monoisotopic (exact) mass is 306 g/mol. The van der Waals surface area contributed by atoms with Crippen molar-refractivity contribution < 1.29 is 18.7 Å². The van der Waals surface area contributed by atoms with Crippen LogP contribution in [0.1, 0.15) is 24.4 Å². The summed E-state index contributed by atoms with van der Waals surface area (Å²) in [7, 11) is 0. The second kappa shape index (κ2) is 6.79. The zero-order valence-corrected chi connectivity index (χ0v) is 12.2. The van der Waals surface area contributed by atoms with Gasteiger partial charge in [0.1, 0.15) is 31.1 Å². The topological polar surface area (TPSA) is 59.6 Å². The Morgan fingerprint density at radius 3 is 3.05 bits per heavy atom. The molecule has 2 heterocycles. The number of hydrogen-bond donors (Lipinski definition) is 2. The number of benzene rings is 1. The Bertz CT molecular complexity index is 576. The molecule has 0 radical (unpaired) electrons. The van der Waals surface area contributed by atoms with E-state index in [4.69, 9.17) is 9.47 Å². The van der Waals surface area contributed by atoms with Crippen LogP contribution in [0.5, 0.6) is 0 Å². The molecule has 2 N–H and O–H groups in total. The molecular weight excluding hydrogens is 287 g/mol. The van der Waals surface area contributed by atoms with Gasteiger partial charge in [-0.1, -0.05) is 12.1 Å². The third kappa shape index (κ3) is 3.57. The van der Waals surface area contributed by atoms with Crippen molar-refractivity contribution >= 4 is 5.91 Å². The Balaban J connectivity index is 1.69. The second-order valence-electron chi connectivity index (χ2n) is 5.43. The maximum atomic E-state index is 13.4. The molecule has 6 heteroatoms. The van der Waals surface area contributed by atoms with Crippen LogP contribution in [0.25, 0.3) is 0 Å². The van der Waals surface area contributed by atoms with E-state index in [0.717, 1.165) is 11.3 Å². The van der Waals surface area contributed by atoms with Crippen molar-refractivity contribution in [3.63, 3.8) is 0 Å². The third-order valence-electron chi connectivity index (χ3n) is 3.85. The number of nitrogens with one attached hydrogen (secondary N) is 2. The summed E-state index contributed by atoms with van der Waals surface area (Å²) in [6.45, 7) is 1.63. The van der Waals surface area contributed by atoms with Crippen LogP contribution in [-0.4, -0.2) is 31.7 Å². The van der Waals surface area contributed by atoms with Crippen molar-refractivity contribution in [2.24, 2.45) is 0 Å². The molecule has 1 fully saturated rings. The lowest BCUT2D eigenvalue weighted by atomic mass is 9.92. The minimum absolute atomic E-state index is 0.0104. The minimum Gasteiger partial charge on any atom is -0.494 e. The summed E-state index contributed by atoms with van der Waals surface area (Å²) in [4.78, 5) is 11.7. The molecule has 1 amide bonds. The van der Waals surface area contributed by atoms with Crippen molar-refractivity contribution in [3.8, 4) is 0 Å². The van der Waals surface area contributed by atoms with Crippen LogP contribution in [0.2, 0.25) is 0 Å². The SMILES string of the molecule is O=C1CC[C@@H](NCC2=COCCO2)[C@H](c2cccc(F)c2)N1. The molecule has 5 nitrogen and oxygen atoms in total. The molecule has 1 aromatic rings. The molecule has 2 aliphatic heterocycles. The number of amides is 1. The van der Waals surface area contributed by atoms with Crippen LogP contribution in [0, 0.1) is 5.82 Å². The molecule has 2 aliphatic rings. The highest BCUT2D eigenvalue weighted by atomic mass is 19.1. The Hall–Kier alpha value is -2.08. The molecule has 0 spiro atoms. The van der Waals surface area contributed by atoms with Crippen molar-refractivity contribution in [1.82, 2.24) is 10.6 Å². The van der Waals surface area contributed by atoms with Crippen molar-refractivity contribution in [2.45, 2.75) is 24.9 Å². The molecule has 2 atom stereocenters. The summed E-state index contributed by atoms with van der Waals surface area (Å²) in [6, 6.07) is 6.11. The van der Waals surface area contributed by atoms with E-state index in [1.165, 1.54) is 12.1 Å². The maximum Gasteiger partial charge on any atom is 0.220 e. The average molecular weight is 306 g/mol. The number of piperidine rings is 1. The zero-order chi connectivity index (χ0) is 15.4. The van der Waals surface area contributed by atoms with Crippen LogP contribution in [0.4, 0.5) is 4.39 Å². The molecule has 22 heavy (non-hydrogen) atoms. The van der Waals surface area contributed by atoms with Crippen molar-refractivity contribution in [3.05, 3.63) is 47.7 Å². The first-order valence-corrected chi connectivity index (χ1v) is 7.44. The number of carbonyl (C=O) groups is 1. The summed E-state index contributed by atoms with van der Waals surface area (Å²) in [6.07, 6.45) is 2.76. The highest BCUT2D eigenvalue weighted by Gasteiger charge is 2.30. The molecular formula is C16H19FN2O3. The van der Waals surface area contributed by atoms with Gasteiger partial charge in [-0.2, -0.15) is 0 Å². The van der Waals surface area contributed by atoms with Crippen LogP contribution in [0.3, 0.4) is 0 Å². The molecule has 0 unspecified atom stereocenters. The molecule has 0 aromatic heterocycles. The summed E-state index contributed by atoms with van der Waals surface area (Å²) >= 11 is 0. The van der Waals surface area contributed by atoms with Gasteiger partial charge in [-0.25, -0.2) is 4.39 Å². The van der Waals surface area contributed by atoms with Gasteiger partial charge in [0.2, 0.25) is 5.91 Å². The highest BCUT2D eigenvalue weighted by molar-refractivity contribution is 5.77. The first kappa shape index (κ1) is 14.8. The maximum absolute atomic E-state index is 13.4. The van der Waals surface area contributed by atoms with Crippen LogP contribution < -0.4 is 10.6 Å². The largest absolute Gasteiger partial charge is 0.494 e. The summed E-state index contributed by atoms with van der Waals surface area (Å²) < 4.78 is 24.1. The Labute approximate surface area is 128 Å². The second-order valence-corrected chi connectivity index (χ2v) is 5.43. The van der Waals surface area contributed by atoms with E-state index in [2.05, 4.69) is 10.6 Å². The third-order valence-corrected chi connectivity index (χ3v) is 3.85. The van der Waals surface area contributed by atoms with Crippen molar-refractivity contribution in [2.75, 3.05) is 19.8 Å². The average Bonchev–Trinajstić information content (AvgIpc) is 2.54. The van der Waals surface area contributed by atoms with Crippen LogP contribution >= 0.6 is 0 Å². The molecule has 0 bridgehead atoms. The molecule has 1 aromatic carbocycles. The lowest BCUT2D eigenvalue weighted by Crippen LogP contribution is -2.49. The lowest BCUT2D eigenvalue weighted by Gasteiger charge is -2.33. The predicted molar refractivity (Wildman–Crippen MR) is 78.3 cm³/mol. The van der Waals surface area contributed by atoms with Gasteiger partial charge < -0.3 is 20.1 Å². The van der Waals surface area contributed by atoms with Gasteiger partial charge in [0.25, 0.3) is 0 Å². The number of carbonyl (C=O) groups excluding carboxylic acids is 1. The minimum atomic E-state index is -0.303. The van der Waals surface area contributed by atoms with E-state index >= 15 is 0 Å². The molecule has 1 saturated heterocycles. The predicted octanol–water partition coefficient (Wildman–Crippen LogP) is 1.62. The first-order valence-electron chi connectivity index (χ1n) is 7.44. The van der Waals surface area contributed by atoms with Gasteiger partial charge in [-0.15, -0.1) is 0 Å². The van der Waals surface area contributed by atoms with Crippen molar-refractivity contribution in [1.29, 1.82) is 0 Å². The van der Waals surface area contributed by atoms with Gasteiger partial charge in [-0.3, -0.25) is 4.79 Å². The van der Waals surface area contributed by atoms with E-state index in [1.54, 1.807) is 12.3 Å². The summed E-state index contributed by atoms with van der Waals surface area (Å²) in [5.41, 5.74) is 0.764. The fraction of sp³-hybridized carbons (Fsp3) is 0.438. The van der Waals surface area contributed by atoms with Gasteiger partial charge >= 0.3 is 0 Å². The number of halogens is 1. The van der Waals surface area contributed by atoms with E-state index in [0.29, 0.717) is 32.6 Å². The number of hydrogen-bond acceptors (Lipinski definition) is 4. The van der Waals surface area contributed by atoms with E-state index < -0.39 is 0 Å².